The molecule has 0 bridgehead atoms. The van der Waals surface area contributed by atoms with Crippen LogP contribution in [0.25, 0.3) is 0 Å². The molecule has 20 heavy (non-hydrogen) atoms. The van der Waals surface area contributed by atoms with E-state index < -0.39 is 10.0 Å². The minimum Gasteiger partial charge on any atom is -0.389 e. The monoisotopic (exact) mass is 458 g/mol. The molecule has 4 nitrogen and oxygen atoms in total. The molecule has 0 saturated heterocycles. The van der Waals surface area contributed by atoms with Crippen LogP contribution in [0.3, 0.4) is 0 Å². The van der Waals surface area contributed by atoms with E-state index in [4.69, 9.17) is 29.6 Å². The quantitative estimate of drug-likeness (QED) is 0.544. The Balaban J connectivity index is 2.33. The number of anilines is 1. The number of hydrogen-bond acceptors (Lipinski definition) is 4. The van der Waals surface area contributed by atoms with Gasteiger partial charge in [-0.2, -0.15) is 0 Å². The lowest BCUT2D eigenvalue weighted by Gasteiger charge is -2.08. The molecule has 0 radical (unpaired) electrons. The van der Waals surface area contributed by atoms with Gasteiger partial charge in [0, 0.05) is 8.59 Å². The maximum Gasteiger partial charge on any atom is 0.271 e. The van der Waals surface area contributed by atoms with Crippen molar-refractivity contribution >= 4 is 78.4 Å². The SMILES string of the molecule is NC(=S)c1ccc(S(=O)(=O)Nc2ccc(Cl)cc2I)s1. The Morgan fingerprint density at radius 2 is 2.05 bits per heavy atom. The first-order chi connectivity index (χ1) is 9.29. The minimum absolute atomic E-state index is 0.158. The van der Waals surface area contributed by atoms with E-state index >= 15 is 0 Å². The molecule has 0 unspecified atom stereocenters. The summed E-state index contributed by atoms with van der Waals surface area (Å²) in [5.41, 5.74) is 5.95. The molecular formula is C11H8ClIN2O2S3. The van der Waals surface area contributed by atoms with Crippen molar-refractivity contribution in [2.24, 2.45) is 5.73 Å². The zero-order chi connectivity index (χ0) is 14.9. The Kier molecular flexibility index (Phi) is 4.90. The van der Waals surface area contributed by atoms with Gasteiger partial charge in [0.05, 0.1) is 10.6 Å². The third-order valence-corrected chi connectivity index (χ3v) is 6.72. The molecule has 9 heteroatoms. The maximum absolute atomic E-state index is 12.3. The van der Waals surface area contributed by atoms with Gasteiger partial charge in [0.15, 0.2) is 0 Å². The Morgan fingerprint density at radius 3 is 2.60 bits per heavy atom. The van der Waals surface area contributed by atoms with Crippen LogP contribution in [0.2, 0.25) is 5.02 Å². The number of benzene rings is 1. The van der Waals surface area contributed by atoms with Crippen molar-refractivity contribution in [1.82, 2.24) is 0 Å². The average molecular weight is 459 g/mol. The van der Waals surface area contributed by atoms with Crippen LogP contribution in [0.1, 0.15) is 4.88 Å². The van der Waals surface area contributed by atoms with Gasteiger partial charge in [0.2, 0.25) is 0 Å². The minimum atomic E-state index is -3.66. The van der Waals surface area contributed by atoms with E-state index in [1.165, 1.54) is 6.07 Å². The first-order valence-electron chi connectivity index (χ1n) is 5.17. The average Bonchev–Trinajstić information content (AvgIpc) is 2.83. The highest BCUT2D eigenvalue weighted by Gasteiger charge is 2.18. The van der Waals surface area contributed by atoms with Crippen molar-refractivity contribution in [1.29, 1.82) is 0 Å². The highest BCUT2D eigenvalue weighted by atomic mass is 127. The summed E-state index contributed by atoms with van der Waals surface area (Å²) in [7, 11) is -3.66. The number of sulfonamides is 1. The predicted octanol–water partition coefficient (Wildman–Crippen LogP) is 3.44. The molecule has 1 aromatic carbocycles. The number of halogens is 2. The van der Waals surface area contributed by atoms with E-state index in [9.17, 15) is 8.42 Å². The molecule has 0 aliphatic carbocycles. The molecule has 1 heterocycles. The maximum atomic E-state index is 12.3. The molecule has 0 amide bonds. The zero-order valence-corrected chi connectivity index (χ0v) is 15.1. The van der Waals surface area contributed by atoms with Gasteiger partial charge in [-0.25, -0.2) is 8.42 Å². The largest absolute Gasteiger partial charge is 0.389 e. The summed E-state index contributed by atoms with van der Waals surface area (Å²) < 4.78 is 27.9. The van der Waals surface area contributed by atoms with Gasteiger partial charge in [-0.1, -0.05) is 23.8 Å². The van der Waals surface area contributed by atoms with E-state index in [-0.39, 0.29) is 9.20 Å². The van der Waals surface area contributed by atoms with Crippen molar-refractivity contribution in [3.05, 3.63) is 43.8 Å². The lowest BCUT2D eigenvalue weighted by Crippen LogP contribution is -2.12. The van der Waals surface area contributed by atoms with Crippen LogP contribution in [-0.2, 0) is 10.0 Å². The number of nitrogens with one attached hydrogen (secondary N) is 1. The van der Waals surface area contributed by atoms with Crippen LogP contribution in [0.4, 0.5) is 5.69 Å². The predicted molar refractivity (Wildman–Crippen MR) is 95.2 cm³/mol. The van der Waals surface area contributed by atoms with Crippen LogP contribution in [-0.4, -0.2) is 13.4 Å². The fraction of sp³-hybridized carbons (Fsp3) is 0. The smallest absolute Gasteiger partial charge is 0.271 e. The Labute approximate surface area is 144 Å². The van der Waals surface area contributed by atoms with Gasteiger partial charge in [-0.05, 0) is 52.9 Å². The second-order valence-corrected chi connectivity index (χ2v) is 8.74. The van der Waals surface area contributed by atoms with E-state index in [0.29, 0.717) is 19.2 Å². The first-order valence-corrected chi connectivity index (χ1v) is 9.33. The molecule has 2 rings (SSSR count). The summed E-state index contributed by atoms with van der Waals surface area (Å²) in [5.74, 6) is 0. The Bertz CT molecular complexity index is 774. The number of nitrogens with two attached hydrogens (primary N) is 1. The normalized spacial score (nSPS) is 11.3. The van der Waals surface area contributed by atoms with Crippen molar-refractivity contribution in [3.63, 3.8) is 0 Å². The van der Waals surface area contributed by atoms with E-state index in [2.05, 4.69) is 4.72 Å². The lowest BCUT2D eigenvalue weighted by atomic mass is 10.3. The Hall–Kier alpha value is -0.420. The highest BCUT2D eigenvalue weighted by Crippen LogP contribution is 2.27. The fourth-order valence-corrected chi connectivity index (χ4v) is 4.98. The van der Waals surface area contributed by atoms with Crippen molar-refractivity contribution in [2.45, 2.75) is 4.21 Å². The molecule has 106 valence electrons. The van der Waals surface area contributed by atoms with Crippen molar-refractivity contribution in [2.75, 3.05) is 4.72 Å². The van der Waals surface area contributed by atoms with Crippen molar-refractivity contribution in [3.8, 4) is 0 Å². The standard InChI is InChI=1S/C11H8ClIN2O2S3/c12-6-1-2-8(7(13)5-6)15-20(16,17)10-4-3-9(19-10)11(14)18/h1-5,15H,(H2,14,18). The van der Waals surface area contributed by atoms with E-state index in [0.717, 1.165) is 11.3 Å². The summed E-state index contributed by atoms with van der Waals surface area (Å²) >= 11 is 13.7. The molecule has 0 aliphatic rings. The number of hydrogen-bond donors (Lipinski definition) is 2. The third kappa shape index (κ3) is 3.61. The van der Waals surface area contributed by atoms with Gasteiger partial charge in [-0.15, -0.1) is 11.3 Å². The second-order valence-electron chi connectivity index (χ2n) is 3.71. The highest BCUT2D eigenvalue weighted by molar-refractivity contribution is 14.1. The molecule has 0 aliphatic heterocycles. The summed E-state index contributed by atoms with van der Waals surface area (Å²) in [6.07, 6.45) is 0. The molecule has 2 aromatic rings. The van der Waals surface area contributed by atoms with Gasteiger partial charge in [0.25, 0.3) is 10.0 Å². The zero-order valence-electron chi connectivity index (χ0n) is 9.76. The number of thiocarbonyl (C=S) groups is 1. The molecule has 0 fully saturated rings. The third-order valence-electron chi connectivity index (χ3n) is 2.26. The topological polar surface area (TPSA) is 72.2 Å². The molecule has 3 N–H and O–H groups in total. The van der Waals surface area contributed by atoms with Crippen molar-refractivity contribution < 1.29 is 8.42 Å². The summed E-state index contributed by atoms with van der Waals surface area (Å²) in [5, 5.41) is 0.546. The van der Waals surface area contributed by atoms with Crippen LogP contribution in [0, 0.1) is 3.57 Å². The first kappa shape index (κ1) is 16.0. The fourth-order valence-electron chi connectivity index (χ4n) is 1.36. The number of thiophene rings is 1. The summed E-state index contributed by atoms with van der Waals surface area (Å²) in [6, 6.07) is 7.98. The van der Waals surface area contributed by atoms with Gasteiger partial charge >= 0.3 is 0 Å². The molecule has 1 aromatic heterocycles. The summed E-state index contributed by atoms with van der Waals surface area (Å²) in [6.45, 7) is 0. The second kappa shape index (κ2) is 6.14. The molecule has 0 atom stereocenters. The van der Waals surface area contributed by atoms with Gasteiger partial charge in [0.1, 0.15) is 9.20 Å². The lowest BCUT2D eigenvalue weighted by molar-refractivity contribution is 0.603. The summed E-state index contributed by atoms with van der Waals surface area (Å²) in [4.78, 5) is 0.740. The van der Waals surface area contributed by atoms with Crippen LogP contribution >= 0.6 is 57.7 Å². The van der Waals surface area contributed by atoms with E-state index in [1.807, 2.05) is 22.6 Å². The number of rotatable bonds is 4. The Morgan fingerprint density at radius 1 is 1.35 bits per heavy atom. The van der Waals surface area contributed by atoms with Crippen LogP contribution < -0.4 is 10.5 Å². The van der Waals surface area contributed by atoms with Crippen LogP contribution in [0.15, 0.2) is 34.5 Å². The van der Waals surface area contributed by atoms with Gasteiger partial charge in [-0.3, -0.25) is 4.72 Å². The van der Waals surface area contributed by atoms with Crippen LogP contribution in [0.5, 0.6) is 0 Å². The van der Waals surface area contributed by atoms with E-state index in [1.54, 1.807) is 24.3 Å². The molecular weight excluding hydrogens is 451 g/mol. The molecule has 0 spiro atoms. The molecule has 0 saturated carbocycles. The van der Waals surface area contributed by atoms with Gasteiger partial charge < -0.3 is 5.73 Å².